The molecule has 0 atom stereocenters. The third-order valence-corrected chi connectivity index (χ3v) is 54.0. The third kappa shape index (κ3) is 37.5. The fourth-order valence-electron chi connectivity index (χ4n) is 26.5. The third-order valence-electron chi connectivity index (χ3n) is 31.1. The first-order valence-corrected chi connectivity index (χ1v) is 56.1. The molecular formula is C91H173Au5BF4P5+5. The van der Waals surface area contributed by atoms with E-state index < -0.39 is 7.25 Å². The Labute approximate surface area is 742 Å². The van der Waals surface area contributed by atoms with E-state index in [1.54, 1.807) is 482 Å². The molecule has 0 heterocycles. The SMILES string of the molecule is C1CCC([PH+](C2CCCCC2)C2CCCCC2)CC1.C1CCC([PH+](C2CCCCC2)C2CCCCC2)CC1.C1CCC([PH+](C2CCCCC2)C2CCCCC2)CC1.C1CCC([PH+](C2CCCCC2)C2CCCCC2)CC1.C1CCC([PH+](C2CCCCC2)C2CCCCC2)CC1.F[B-](F)(F)F.[Au].[Au].[Au].[Au].[Au].[CH3+]. The van der Waals surface area contributed by atoms with E-state index in [1.165, 1.54) is 84.9 Å². The van der Waals surface area contributed by atoms with E-state index in [0.29, 0.717) is 0 Å². The van der Waals surface area contributed by atoms with E-state index in [-0.39, 0.29) is 159 Å². The molecule has 5 radical (unpaired) electrons. The Balaban J connectivity index is 0.000000272. The minimum atomic E-state index is -6.00. The fraction of sp³-hybridized carbons (Fsp3) is 0.989. The quantitative estimate of drug-likeness (QED) is 0.0663. The van der Waals surface area contributed by atoms with E-state index in [2.05, 4.69) is 0 Å². The van der Waals surface area contributed by atoms with Crippen LogP contribution in [0.2, 0.25) is 0 Å². The molecule has 0 nitrogen and oxygen atoms in total. The Morgan fingerprint density at radius 2 is 0.170 bits per heavy atom. The first-order valence-electron chi connectivity index (χ1n) is 47.5. The smallest absolute Gasteiger partial charge is 0.418 e. The van der Waals surface area contributed by atoms with E-state index >= 15 is 0 Å². The summed E-state index contributed by atoms with van der Waals surface area (Å²) in [6.07, 6.45) is 119. The van der Waals surface area contributed by atoms with Gasteiger partial charge in [0.1, 0.15) is 0 Å². The van der Waals surface area contributed by atoms with Crippen molar-refractivity contribution in [2.24, 2.45) is 0 Å². The van der Waals surface area contributed by atoms with Crippen LogP contribution in [0.1, 0.15) is 482 Å². The summed E-state index contributed by atoms with van der Waals surface area (Å²) < 4.78 is 39.0. The zero-order valence-corrected chi connectivity index (χ0v) is 84.6. The summed E-state index contributed by atoms with van der Waals surface area (Å²) in [6, 6.07) is 0. The van der Waals surface area contributed by atoms with Crippen molar-refractivity contribution in [3.63, 3.8) is 0 Å². The van der Waals surface area contributed by atoms with Crippen LogP contribution in [0.25, 0.3) is 0 Å². The molecule has 0 aromatic heterocycles. The summed E-state index contributed by atoms with van der Waals surface area (Å²) in [5, 5.41) is 0. The molecule has 0 aromatic carbocycles. The summed E-state index contributed by atoms with van der Waals surface area (Å²) in [6.45, 7) is 0. The first kappa shape index (κ1) is 104. The predicted molar refractivity (Wildman–Crippen MR) is 461 cm³/mol. The van der Waals surface area contributed by atoms with Gasteiger partial charge < -0.3 is 17.3 Å². The molecule has 15 heteroatoms. The number of hydrogen-bond acceptors (Lipinski definition) is 0. The van der Waals surface area contributed by atoms with Crippen molar-refractivity contribution in [1.29, 1.82) is 0 Å². The second-order valence-corrected chi connectivity index (χ2v) is 55.3. The van der Waals surface area contributed by atoms with Gasteiger partial charge in [0.05, 0.1) is 84.9 Å². The van der Waals surface area contributed by atoms with Gasteiger partial charge in [0, 0.05) is 159 Å². The van der Waals surface area contributed by atoms with Gasteiger partial charge in [-0.1, -0.05) is 96.3 Å². The van der Waals surface area contributed by atoms with Crippen molar-refractivity contribution >= 4 is 46.9 Å². The zero-order valence-electron chi connectivity index (χ0n) is 68.8. The van der Waals surface area contributed by atoms with Crippen LogP contribution in [0, 0.1) is 7.43 Å². The van der Waals surface area contributed by atoms with Crippen LogP contribution in [0.4, 0.5) is 17.3 Å². The second-order valence-electron chi connectivity index (χ2n) is 38.0. The average molecular weight is 2490 g/mol. The summed E-state index contributed by atoms with van der Waals surface area (Å²) in [4.78, 5) is 0. The average Bonchev–Trinajstić information content (AvgIpc) is 0.852. The molecule has 0 unspecified atom stereocenters. The molecule has 0 bridgehead atoms. The Morgan fingerprint density at radius 3 is 0.217 bits per heavy atom. The van der Waals surface area contributed by atoms with Gasteiger partial charge in [-0.25, -0.2) is 0 Å². The standard InChI is InChI=1S/5C18H33P.CH3.5Au.BF4/c5*1-4-10-16(11-5-1)19(17-12-6-2-7-13-17)18-14-8-3-9-15-18;;;;;;;2-1(3,4)5/h5*16-18H,1-15H2;1H3;;;;;;/q;;;;;+1;;;;;;-1/p+5. The summed E-state index contributed by atoms with van der Waals surface area (Å²) in [5.74, 6) is 0. The molecule has 0 amide bonds. The maximum absolute atomic E-state index is 9.75. The molecule has 106 heavy (non-hydrogen) atoms. The molecule has 15 rings (SSSR count). The van der Waals surface area contributed by atoms with Crippen LogP contribution >= 0.6 is 39.6 Å². The van der Waals surface area contributed by atoms with Gasteiger partial charge in [-0.05, 0) is 385 Å². The monoisotopic (exact) mass is 2490 g/mol. The molecular weight excluding hydrogens is 2320 g/mol. The molecule has 643 valence electrons. The Kier molecular flexibility index (Phi) is 60.5. The fourth-order valence-corrected chi connectivity index (χ4v) is 52.7. The van der Waals surface area contributed by atoms with E-state index in [0.717, 1.165) is 0 Å². The van der Waals surface area contributed by atoms with Gasteiger partial charge in [0.25, 0.3) is 0 Å². The molecule has 15 aliphatic carbocycles. The van der Waals surface area contributed by atoms with E-state index in [9.17, 15) is 17.3 Å². The van der Waals surface area contributed by atoms with E-state index in [1.807, 2.05) is 0 Å². The molecule has 15 fully saturated rings. The Bertz CT molecular complexity index is 1470. The molecule has 0 aliphatic heterocycles. The molecule has 0 saturated heterocycles. The molecule has 0 N–H and O–H groups in total. The van der Waals surface area contributed by atoms with Crippen LogP contribution in [0.5, 0.6) is 0 Å². The van der Waals surface area contributed by atoms with E-state index in [4.69, 9.17) is 0 Å². The first-order chi connectivity index (χ1) is 49.2. The Hall–Kier alpha value is 5.51. The van der Waals surface area contributed by atoms with Crippen molar-refractivity contribution in [2.75, 3.05) is 0 Å². The zero-order chi connectivity index (χ0) is 69.1. The van der Waals surface area contributed by atoms with Crippen molar-refractivity contribution < 1.29 is 129 Å². The van der Waals surface area contributed by atoms with Gasteiger partial charge >= 0.3 is 7.25 Å². The molecule has 15 aliphatic rings. The Morgan fingerprint density at radius 1 is 0.123 bits per heavy atom. The van der Waals surface area contributed by atoms with Crippen LogP contribution in [-0.2, 0) is 112 Å². The molecule has 0 aromatic rings. The molecule has 0 spiro atoms. The van der Waals surface area contributed by atoms with Crippen molar-refractivity contribution in [3.8, 4) is 0 Å². The van der Waals surface area contributed by atoms with Crippen LogP contribution in [0.15, 0.2) is 0 Å². The summed E-state index contributed by atoms with van der Waals surface area (Å²) in [7, 11) is -6.23. The van der Waals surface area contributed by atoms with Crippen molar-refractivity contribution in [3.05, 3.63) is 7.43 Å². The van der Waals surface area contributed by atoms with Crippen molar-refractivity contribution in [1.82, 2.24) is 0 Å². The summed E-state index contributed by atoms with van der Waals surface area (Å²) in [5.41, 5.74) is 18.4. The van der Waals surface area contributed by atoms with Crippen LogP contribution in [-0.4, -0.2) is 92.1 Å². The van der Waals surface area contributed by atoms with Crippen molar-refractivity contribution in [2.45, 2.75) is 566 Å². The van der Waals surface area contributed by atoms with Gasteiger partial charge in [-0.2, -0.15) is 0 Å². The minimum Gasteiger partial charge on any atom is -0.418 e. The largest absolute Gasteiger partial charge is 0.673 e. The minimum absolute atomic E-state index is 0. The normalized spacial score (nSPS) is 26.5. The topological polar surface area (TPSA) is 0 Å². The predicted octanol–water partition coefficient (Wildman–Crippen LogP) is 32.7. The number of rotatable bonds is 15. The van der Waals surface area contributed by atoms with Crippen LogP contribution in [0.3, 0.4) is 0 Å². The number of hydrogen-bond donors (Lipinski definition) is 0. The van der Waals surface area contributed by atoms with Gasteiger partial charge in [0.15, 0.2) is 0 Å². The second kappa shape index (κ2) is 61.7. The molecule has 15 saturated carbocycles. The number of halogens is 4. The maximum atomic E-state index is 9.75. The van der Waals surface area contributed by atoms with Crippen LogP contribution < -0.4 is 0 Å². The maximum Gasteiger partial charge on any atom is 0.673 e. The van der Waals surface area contributed by atoms with Gasteiger partial charge in [-0.3, -0.25) is 0 Å². The summed E-state index contributed by atoms with van der Waals surface area (Å²) >= 11 is 0. The van der Waals surface area contributed by atoms with Gasteiger partial charge in [-0.15, -0.1) is 0 Å². The van der Waals surface area contributed by atoms with Gasteiger partial charge in [0.2, 0.25) is 0 Å².